The third-order valence-corrected chi connectivity index (χ3v) is 2.83. The molecule has 1 heterocycles. The van der Waals surface area contributed by atoms with Crippen LogP contribution in [0.4, 0.5) is 0 Å². The second kappa shape index (κ2) is 4.42. The smallest absolute Gasteiger partial charge is 0.126 e. The van der Waals surface area contributed by atoms with Gasteiger partial charge >= 0.3 is 0 Å². The minimum atomic E-state index is -0.418. The molecule has 0 spiro atoms. The minimum Gasteiger partial charge on any atom is -0.491 e. The molecule has 1 aromatic heterocycles. The Balaban J connectivity index is 2.44. The van der Waals surface area contributed by atoms with Crippen molar-refractivity contribution in [2.75, 3.05) is 0 Å². The van der Waals surface area contributed by atoms with Crippen LogP contribution in [0.5, 0.6) is 5.75 Å². The van der Waals surface area contributed by atoms with Gasteiger partial charge in [0, 0.05) is 17.3 Å². The highest BCUT2D eigenvalue weighted by Gasteiger charge is 2.23. The van der Waals surface area contributed by atoms with Crippen molar-refractivity contribution in [1.29, 1.82) is 0 Å². The highest BCUT2D eigenvalue weighted by atomic mass is 16.5. The summed E-state index contributed by atoms with van der Waals surface area (Å²) in [5.41, 5.74) is 2.83. The lowest BCUT2D eigenvalue weighted by Gasteiger charge is -2.24. The van der Waals surface area contributed by atoms with Gasteiger partial charge in [-0.1, -0.05) is 0 Å². The molecule has 16 heavy (non-hydrogen) atoms. The molecule has 0 bridgehead atoms. The van der Waals surface area contributed by atoms with Crippen LogP contribution >= 0.6 is 0 Å². The van der Waals surface area contributed by atoms with Gasteiger partial charge in [-0.2, -0.15) is 0 Å². The molecular formula is C13H19NO2. The van der Waals surface area contributed by atoms with E-state index in [1.54, 1.807) is 0 Å². The molecule has 0 saturated heterocycles. The number of rotatable bonds is 2. The first kappa shape index (κ1) is 11.4. The summed E-state index contributed by atoms with van der Waals surface area (Å²) in [6.07, 6.45) is 2.52. The average molecular weight is 221 g/mol. The number of pyridine rings is 1. The van der Waals surface area contributed by atoms with E-state index in [0.717, 1.165) is 42.0 Å². The van der Waals surface area contributed by atoms with Gasteiger partial charge in [0.2, 0.25) is 0 Å². The molecule has 1 aliphatic carbocycles. The van der Waals surface area contributed by atoms with Gasteiger partial charge in [0.05, 0.1) is 17.9 Å². The number of nitrogens with zero attached hydrogens (tertiary/aromatic N) is 1. The summed E-state index contributed by atoms with van der Waals surface area (Å²) in [6, 6.07) is 1.97. The summed E-state index contributed by atoms with van der Waals surface area (Å²) < 4.78 is 5.79. The summed E-state index contributed by atoms with van der Waals surface area (Å²) >= 11 is 0. The highest BCUT2D eigenvalue weighted by Crippen LogP contribution is 2.34. The molecule has 0 radical (unpaired) electrons. The van der Waals surface area contributed by atoms with E-state index < -0.39 is 6.10 Å². The monoisotopic (exact) mass is 221 g/mol. The molecule has 3 heteroatoms. The van der Waals surface area contributed by atoms with Crippen molar-refractivity contribution in [2.45, 2.75) is 52.2 Å². The van der Waals surface area contributed by atoms with E-state index in [2.05, 4.69) is 4.98 Å². The third kappa shape index (κ3) is 2.19. The number of hydrogen-bond acceptors (Lipinski definition) is 3. The summed E-state index contributed by atoms with van der Waals surface area (Å²) in [4.78, 5) is 4.43. The first-order valence-corrected chi connectivity index (χ1v) is 5.93. The fraction of sp³-hybridized carbons (Fsp3) is 0.615. The number of aliphatic hydroxyl groups excluding tert-OH is 1. The van der Waals surface area contributed by atoms with Crippen molar-refractivity contribution in [3.8, 4) is 5.75 Å². The predicted octanol–water partition coefficient (Wildman–Crippen LogP) is 2.55. The Bertz CT molecular complexity index is 388. The van der Waals surface area contributed by atoms with Gasteiger partial charge in [-0.25, -0.2) is 0 Å². The molecular weight excluding hydrogens is 202 g/mol. The van der Waals surface area contributed by atoms with E-state index in [9.17, 15) is 5.11 Å². The first-order valence-electron chi connectivity index (χ1n) is 5.93. The zero-order chi connectivity index (χ0) is 11.7. The van der Waals surface area contributed by atoms with Crippen LogP contribution in [-0.4, -0.2) is 16.2 Å². The molecule has 1 aromatic rings. The molecule has 88 valence electrons. The Morgan fingerprint density at radius 3 is 2.94 bits per heavy atom. The van der Waals surface area contributed by atoms with Crippen LogP contribution in [-0.2, 0) is 6.42 Å². The van der Waals surface area contributed by atoms with Crippen LogP contribution in [0.15, 0.2) is 6.07 Å². The van der Waals surface area contributed by atoms with Gasteiger partial charge in [0.1, 0.15) is 5.75 Å². The maximum Gasteiger partial charge on any atom is 0.126 e. The van der Waals surface area contributed by atoms with E-state index >= 15 is 0 Å². The summed E-state index contributed by atoms with van der Waals surface area (Å²) in [5, 5.41) is 9.93. The van der Waals surface area contributed by atoms with Crippen LogP contribution in [0.2, 0.25) is 0 Å². The summed E-state index contributed by atoms with van der Waals surface area (Å²) in [7, 11) is 0. The Morgan fingerprint density at radius 2 is 2.25 bits per heavy atom. The molecule has 0 fully saturated rings. The molecule has 0 aliphatic heterocycles. The molecule has 0 aromatic carbocycles. The van der Waals surface area contributed by atoms with Gasteiger partial charge in [-0.15, -0.1) is 0 Å². The minimum absolute atomic E-state index is 0.157. The van der Waals surface area contributed by atoms with Crippen molar-refractivity contribution in [2.24, 2.45) is 0 Å². The largest absolute Gasteiger partial charge is 0.491 e. The van der Waals surface area contributed by atoms with Gasteiger partial charge in [0.25, 0.3) is 0 Å². The number of aromatic nitrogens is 1. The lowest BCUT2D eigenvalue weighted by molar-refractivity contribution is 0.148. The number of hydrogen-bond donors (Lipinski definition) is 1. The van der Waals surface area contributed by atoms with E-state index in [4.69, 9.17) is 4.74 Å². The van der Waals surface area contributed by atoms with Crippen molar-refractivity contribution >= 4 is 0 Å². The van der Waals surface area contributed by atoms with Crippen molar-refractivity contribution in [3.05, 3.63) is 23.0 Å². The van der Waals surface area contributed by atoms with Crippen LogP contribution in [0.1, 0.15) is 49.7 Å². The molecule has 3 nitrogen and oxygen atoms in total. The van der Waals surface area contributed by atoms with E-state index in [1.165, 1.54) is 0 Å². The Morgan fingerprint density at radius 1 is 1.50 bits per heavy atom. The Kier molecular flexibility index (Phi) is 3.15. The van der Waals surface area contributed by atoms with Crippen molar-refractivity contribution in [1.82, 2.24) is 4.98 Å². The maximum absolute atomic E-state index is 9.93. The van der Waals surface area contributed by atoms with E-state index in [1.807, 2.05) is 26.8 Å². The molecule has 1 atom stereocenters. The SMILES string of the molecule is Cc1cc(OC(C)C)c2c(n1)C(O)CCC2. The Hall–Kier alpha value is -1.09. The predicted molar refractivity (Wildman–Crippen MR) is 62.6 cm³/mol. The topological polar surface area (TPSA) is 42.4 Å². The molecule has 1 unspecified atom stereocenters. The fourth-order valence-electron chi connectivity index (χ4n) is 2.19. The second-order valence-corrected chi connectivity index (χ2v) is 4.70. The van der Waals surface area contributed by atoms with Crippen molar-refractivity contribution in [3.63, 3.8) is 0 Å². The average Bonchev–Trinajstić information content (AvgIpc) is 2.18. The highest BCUT2D eigenvalue weighted by molar-refractivity contribution is 5.40. The van der Waals surface area contributed by atoms with Crippen LogP contribution < -0.4 is 4.74 Å². The van der Waals surface area contributed by atoms with Crippen LogP contribution in [0, 0.1) is 6.92 Å². The van der Waals surface area contributed by atoms with Gasteiger partial charge < -0.3 is 9.84 Å². The lowest BCUT2D eigenvalue weighted by Crippen LogP contribution is -2.16. The number of aliphatic hydroxyl groups is 1. The number of aryl methyl sites for hydroxylation is 1. The van der Waals surface area contributed by atoms with Crippen LogP contribution in [0.3, 0.4) is 0 Å². The quantitative estimate of drug-likeness (QED) is 0.834. The van der Waals surface area contributed by atoms with Gasteiger partial charge in [-0.05, 0) is 40.0 Å². The molecule has 2 rings (SSSR count). The molecule has 0 amide bonds. The summed E-state index contributed by atoms with van der Waals surface area (Å²) in [5.74, 6) is 0.899. The van der Waals surface area contributed by atoms with E-state index in [0.29, 0.717) is 0 Å². The zero-order valence-electron chi connectivity index (χ0n) is 10.2. The van der Waals surface area contributed by atoms with Gasteiger partial charge in [-0.3, -0.25) is 4.98 Å². The zero-order valence-corrected chi connectivity index (χ0v) is 10.2. The fourth-order valence-corrected chi connectivity index (χ4v) is 2.19. The van der Waals surface area contributed by atoms with Gasteiger partial charge in [0.15, 0.2) is 0 Å². The third-order valence-electron chi connectivity index (χ3n) is 2.83. The second-order valence-electron chi connectivity index (χ2n) is 4.70. The number of fused-ring (bicyclic) bond motifs is 1. The number of ether oxygens (including phenoxy) is 1. The Labute approximate surface area is 96.5 Å². The first-order chi connectivity index (χ1) is 7.58. The lowest BCUT2D eigenvalue weighted by atomic mass is 9.92. The molecule has 1 aliphatic rings. The normalized spacial score (nSPS) is 19.7. The summed E-state index contributed by atoms with van der Waals surface area (Å²) in [6.45, 7) is 5.97. The maximum atomic E-state index is 9.93. The van der Waals surface area contributed by atoms with Crippen molar-refractivity contribution < 1.29 is 9.84 Å². The van der Waals surface area contributed by atoms with Crippen LogP contribution in [0.25, 0.3) is 0 Å². The molecule has 1 N–H and O–H groups in total. The van der Waals surface area contributed by atoms with E-state index in [-0.39, 0.29) is 6.10 Å². The molecule has 0 saturated carbocycles. The standard InChI is InChI=1S/C13H19NO2/c1-8(2)16-12-7-9(3)14-13-10(12)5-4-6-11(13)15/h7-8,11,15H,4-6H2,1-3H3.